The monoisotopic (exact) mass is 349 g/mol. The highest BCUT2D eigenvalue weighted by Gasteiger charge is 2.14. The van der Waals surface area contributed by atoms with Crippen molar-refractivity contribution in [3.05, 3.63) is 47.3 Å². The van der Waals surface area contributed by atoms with Crippen LogP contribution in [0.3, 0.4) is 0 Å². The van der Waals surface area contributed by atoms with E-state index < -0.39 is 0 Å². The van der Waals surface area contributed by atoms with Crippen molar-refractivity contribution in [3.63, 3.8) is 0 Å². The van der Waals surface area contributed by atoms with E-state index in [0.29, 0.717) is 23.8 Å². The van der Waals surface area contributed by atoms with Gasteiger partial charge in [0, 0.05) is 24.2 Å². The molecule has 0 fully saturated rings. The highest BCUT2D eigenvalue weighted by molar-refractivity contribution is 5.50. The lowest BCUT2D eigenvalue weighted by Gasteiger charge is -2.18. The van der Waals surface area contributed by atoms with Gasteiger partial charge in [-0.05, 0) is 30.7 Å². The minimum atomic E-state index is -0.377. The van der Waals surface area contributed by atoms with Gasteiger partial charge in [-0.15, -0.1) is 0 Å². The van der Waals surface area contributed by atoms with Crippen molar-refractivity contribution >= 4 is 0 Å². The Hall–Kier alpha value is -2.47. The topological polar surface area (TPSA) is 49.0 Å². The molecule has 25 heavy (non-hydrogen) atoms. The zero-order valence-electron chi connectivity index (χ0n) is 15.2. The zero-order valence-corrected chi connectivity index (χ0v) is 15.2. The van der Waals surface area contributed by atoms with Crippen molar-refractivity contribution in [3.8, 4) is 23.0 Å². The lowest BCUT2D eigenvalue weighted by atomic mass is 10.1. The van der Waals surface area contributed by atoms with E-state index >= 15 is 0 Å². The van der Waals surface area contributed by atoms with Crippen LogP contribution in [0.25, 0.3) is 0 Å². The Labute approximate surface area is 147 Å². The molecule has 0 heterocycles. The Bertz CT molecular complexity index is 721. The molecule has 1 N–H and O–H groups in total. The van der Waals surface area contributed by atoms with Crippen LogP contribution < -0.4 is 24.3 Å². The van der Waals surface area contributed by atoms with Crippen LogP contribution in [-0.4, -0.2) is 28.4 Å². The predicted octanol–water partition coefficient (Wildman–Crippen LogP) is 3.71. The van der Waals surface area contributed by atoms with E-state index in [0.717, 1.165) is 11.1 Å². The van der Waals surface area contributed by atoms with Gasteiger partial charge in [0.25, 0.3) is 0 Å². The van der Waals surface area contributed by atoms with Crippen LogP contribution in [0.5, 0.6) is 23.0 Å². The number of benzene rings is 2. The number of hydrogen-bond acceptors (Lipinski definition) is 5. The van der Waals surface area contributed by atoms with E-state index in [4.69, 9.17) is 18.9 Å². The van der Waals surface area contributed by atoms with E-state index in [9.17, 15) is 4.39 Å². The molecule has 0 unspecified atom stereocenters. The summed E-state index contributed by atoms with van der Waals surface area (Å²) in [6.45, 7) is 2.49. The first-order valence-electron chi connectivity index (χ1n) is 7.89. The van der Waals surface area contributed by atoms with Gasteiger partial charge in [0.1, 0.15) is 5.75 Å². The molecule has 0 bridgehead atoms. The number of methoxy groups -OCH3 is 4. The van der Waals surface area contributed by atoms with Crippen LogP contribution in [0, 0.1) is 5.82 Å². The highest BCUT2D eigenvalue weighted by atomic mass is 19.1. The molecule has 0 radical (unpaired) electrons. The summed E-state index contributed by atoms with van der Waals surface area (Å²) in [5.74, 6) is 1.78. The van der Waals surface area contributed by atoms with Crippen molar-refractivity contribution in [1.82, 2.24) is 5.32 Å². The van der Waals surface area contributed by atoms with Gasteiger partial charge >= 0.3 is 0 Å². The van der Waals surface area contributed by atoms with Crippen LogP contribution in [0.2, 0.25) is 0 Å². The summed E-state index contributed by atoms with van der Waals surface area (Å²) in [6.07, 6.45) is 0. The third kappa shape index (κ3) is 4.33. The van der Waals surface area contributed by atoms with Crippen LogP contribution in [0.1, 0.15) is 24.1 Å². The van der Waals surface area contributed by atoms with Crippen LogP contribution >= 0.6 is 0 Å². The predicted molar refractivity (Wildman–Crippen MR) is 94.3 cm³/mol. The van der Waals surface area contributed by atoms with Crippen molar-refractivity contribution in [2.75, 3.05) is 28.4 Å². The third-order valence-corrected chi connectivity index (χ3v) is 4.06. The van der Waals surface area contributed by atoms with Gasteiger partial charge in [0.15, 0.2) is 23.1 Å². The second-order valence-electron chi connectivity index (χ2n) is 5.52. The summed E-state index contributed by atoms with van der Waals surface area (Å²) in [6, 6.07) is 8.53. The molecule has 0 saturated carbocycles. The molecule has 1 atom stereocenters. The molecule has 0 aromatic heterocycles. The molecule has 2 rings (SSSR count). The van der Waals surface area contributed by atoms with E-state index in [1.807, 2.05) is 19.1 Å². The molecule has 5 nitrogen and oxygen atoms in total. The number of ether oxygens (including phenoxy) is 4. The normalized spacial score (nSPS) is 11.8. The SMILES string of the molecule is COc1ccc([C@H](C)NCc2cc(OC)c(OC)cc2OC)cc1F. The molecule has 0 saturated heterocycles. The molecule has 0 aliphatic carbocycles. The minimum absolute atomic E-state index is 0.0572. The Balaban J connectivity index is 2.15. The fourth-order valence-electron chi connectivity index (χ4n) is 2.56. The fourth-order valence-corrected chi connectivity index (χ4v) is 2.56. The van der Waals surface area contributed by atoms with Crippen LogP contribution in [0.15, 0.2) is 30.3 Å². The third-order valence-electron chi connectivity index (χ3n) is 4.06. The summed E-state index contributed by atoms with van der Waals surface area (Å²) in [5, 5.41) is 3.36. The van der Waals surface area contributed by atoms with Gasteiger partial charge in [-0.3, -0.25) is 0 Å². The van der Waals surface area contributed by atoms with Crippen LogP contribution in [0.4, 0.5) is 4.39 Å². The zero-order chi connectivity index (χ0) is 18.4. The fraction of sp³-hybridized carbons (Fsp3) is 0.368. The molecule has 0 aliphatic rings. The Morgan fingerprint density at radius 2 is 1.44 bits per heavy atom. The molecule has 6 heteroatoms. The molecule has 0 amide bonds. The van der Waals surface area contributed by atoms with Crippen molar-refractivity contribution < 1.29 is 23.3 Å². The van der Waals surface area contributed by atoms with Crippen molar-refractivity contribution in [2.24, 2.45) is 0 Å². The van der Waals surface area contributed by atoms with Crippen molar-refractivity contribution in [2.45, 2.75) is 19.5 Å². The van der Waals surface area contributed by atoms with Crippen LogP contribution in [-0.2, 0) is 6.54 Å². The Morgan fingerprint density at radius 3 is 2.00 bits per heavy atom. The summed E-state index contributed by atoms with van der Waals surface area (Å²) in [4.78, 5) is 0. The average Bonchev–Trinajstić information content (AvgIpc) is 2.65. The quantitative estimate of drug-likeness (QED) is 0.787. The molecule has 0 aliphatic heterocycles. The lowest BCUT2D eigenvalue weighted by molar-refractivity contribution is 0.346. The summed E-state index contributed by atoms with van der Waals surface area (Å²) >= 11 is 0. The molecule has 2 aromatic carbocycles. The van der Waals surface area contributed by atoms with E-state index in [2.05, 4.69) is 5.32 Å². The maximum Gasteiger partial charge on any atom is 0.165 e. The smallest absolute Gasteiger partial charge is 0.165 e. The maximum absolute atomic E-state index is 13.9. The summed E-state index contributed by atoms with van der Waals surface area (Å²) < 4.78 is 34.9. The first-order chi connectivity index (χ1) is 12.0. The standard InChI is InChI=1S/C19H24FNO4/c1-12(13-6-7-16(22-2)15(20)8-13)21-11-14-9-18(24-4)19(25-5)10-17(14)23-3/h6-10,12,21H,11H2,1-5H3/t12-/m0/s1. The average molecular weight is 349 g/mol. The minimum Gasteiger partial charge on any atom is -0.496 e. The van der Waals surface area contributed by atoms with Gasteiger partial charge in [-0.1, -0.05) is 6.07 Å². The first kappa shape index (κ1) is 18.9. The van der Waals surface area contributed by atoms with E-state index in [-0.39, 0.29) is 17.6 Å². The summed E-state index contributed by atoms with van der Waals surface area (Å²) in [5.41, 5.74) is 1.75. The molecule has 2 aromatic rings. The van der Waals surface area contributed by atoms with Gasteiger partial charge in [-0.2, -0.15) is 0 Å². The molecular weight excluding hydrogens is 325 g/mol. The summed E-state index contributed by atoms with van der Waals surface area (Å²) in [7, 11) is 6.22. The largest absolute Gasteiger partial charge is 0.496 e. The lowest BCUT2D eigenvalue weighted by Crippen LogP contribution is -2.18. The van der Waals surface area contributed by atoms with Crippen molar-refractivity contribution in [1.29, 1.82) is 0 Å². The number of rotatable bonds is 8. The highest BCUT2D eigenvalue weighted by Crippen LogP contribution is 2.34. The van der Waals surface area contributed by atoms with E-state index in [1.54, 1.807) is 33.5 Å². The van der Waals surface area contributed by atoms with E-state index in [1.165, 1.54) is 13.2 Å². The molecular formula is C19H24FNO4. The second-order valence-corrected chi connectivity index (χ2v) is 5.52. The maximum atomic E-state index is 13.9. The molecule has 136 valence electrons. The Morgan fingerprint density at radius 1 is 0.840 bits per heavy atom. The Kier molecular flexibility index (Phi) is 6.47. The number of halogens is 1. The first-order valence-corrected chi connectivity index (χ1v) is 7.89. The van der Waals surface area contributed by atoms with Gasteiger partial charge in [-0.25, -0.2) is 4.39 Å². The van der Waals surface area contributed by atoms with Gasteiger partial charge < -0.3 is 24.3 Å². The second kappa shape index (κ2) is 8.58. The van der Waals surface area contributed by atoms with Gasteiger partial charge in [0.05, 0.1) is 28.4 Å². The molecule has 0 spiro atoms. The number of hydrogen-bond donors (Lipinski definition) is 1. The van der Waals surface area contributed by atoms with Gasteiger partial charge in [0.2, 0.25) is 0 Å². The number of nitrogens with one attached hydrogen (secondary N) is 1.